The number of nitrogens with zero attached hydrogens (tertiary/aromatic N) is 1. The molecule has 1 aromatic rings. The predicted molar refractivity (Wildman–Crippen MR) is 84.0 cm³/mol. The average Bonchev–Trinajstić information content (AvgIpc) is 2.68. The van der Waals surface area contributed by atoms with Crippen LogP contribution in [0.5, 0.6) is 0 Å². The quantitative estimate of drug-likeness (QED) is 0.888. The third-order valence-electron chi connectivity index (χ3n) is 3.91. The zero-order valence-corrected chi connectivity index (χ0v) is 12.8. The minimum Gasteiger partial charge on any atom is -0.381 e. The topological polar surface area (TPSA) is 44.4 Å². The molecule has 2 rings (SSSR count). The number of anilines is 2. The second-order valence-electron chi connectivity index (χ2n) is 6.09. The van der Waals surface area contributed by atoms with E-state index < -0.39 is 0 Å². The van der Waals surface area contributed by atoms with Crippen molar-refractivity contribution in [2.24, 2.45) is 5.92 Å². The fraction of sp³-hybridized carbons (Fsp3) is 0.562. The number of carbonyl (C=O) groups excluding carboxylic acids is 1. The van der Waals surface area contributed by atoms with E-state index in [2.05, 4.69) is 29.5 Å². The summed E-state index contributed by atoms with van der Waals surface area (Å²) in [6, 6.07) is 9.05. The summed E-state index contributed by atoms with van der Waals surface area (Å²) in [5.41, 5.74) is 1.92. The van der Waals surface area contributed by atoms with Crippen LogP contribution in [0.4, 0.5) is 11.4 Å². The molecule has 4 heteroatoms. The van der Waals surface area contributed by atoms with Gasteiger partial charge in [-0.1, -0.05) is 19.9 Å². The third kappa shape index (κ3) is 3.73. The molecule has 1 aliphatic heterocycles. The van der Waals surface area contributed by atoms with E-state index >= 15 is 0 Å². The maximum Gasteiger partial charge on any atom is 0.226 e. The zero-order valence-electron chi connectivity index (χ0n) is 12.8. The number of carbonyl (C=O) groups is 1. The molecule has 0 aliphatic carbocycles. The highest BCUT2D eigenvalue weighted by Gasteiger charge is 2.25. The van der Waals surface area contributed by atoms with E-state index in [0.717, 1.165) is 24.3 Å². The van der Waals surface area contributed by atoms with Crippen LogP contribution in [0, 0.1) is 5.92 Å². The van der Waals surface area contributed by atoms with Gasteiger partial charge in [-0.3, -0.25) is 4.79 Å². The van der Waals surface area contributed by atoms with Crippen molar-refractivity contribution >= 4 is 17.3 Å². The summed E-state index contributed by atoms with van der Waals surface area (Å²) in [4.78, 5) is 14.1. The fourth-order valence-electron chi connectivity index (χ4n) is 2.51. The molecule has 1 aromatic carbocycles. The summed E-state index contributed by atoms with van der Waals surface area (Å²) in [5, 5.41) is 6.49. The number of amides is 1. The van der Waals surface area contributed by atoms with Crippen LogP contribution in [0.3, 0.4) is 0 Å². The Morgan fingerprint density at radius 1 is 1.35 bits per heavy atom. The van der Waals surface area contributed by atoms with E-state index in [1.807, 2.05) is 38.1 Å². The second kappa shape index (κ2) is 6.27. The van der Waals surface area contributed by atoms with Gasteiger partial charge in [-0.05, 0) is 38.6 Å². The maximum atomic E-state index is 11.7. The van der Waals surface area contributed by atoms with Gasteiger partial charge in [0.15, 0.2) is 0 Å². The van der Waals surface area contributed by atoms with Crippen molar-refractivity contribution in [2.45, 2.75) is 39.3 Å². The Morgan fingerprint density at radius 2 is 2.05 bits per heavy atom. The van der Waals surface area contributed by atoms with Gasteiger partial charge in [0.2, 0.25) is 5.91 Å². The monoisotopic (exact) mass is 275 g/mol. The highest BCUT2D eigenvalue weighted by Crippen LogP contribution is 2.22. The zero-order chi connectivity index (χ0) is 14.7. The lowest BCUT2D eigenvalue weighted by Crippen LogP contribution is -2.25. The van der Waals surface area contributed by atoms with Gasteiger partial charge >= 0.3 is 0 Å². The summed E-state index contributed by atoms with van der Waals surface area (Å²) >= 11 is 0. The van der Waals surface area contributed by atoms with Gasteiger partial charge in [0.05, 0.1) is 0 Å². The molecule has 2 unspecified atom stereocenters. The lowest BCUT2D eigenvalue weighted by Gasteiger charge is -2.15. The van der Waals surface area contributed by atoms with E-state index in [1.54, 1.807) is 0 Å². The molecule has 1 saturated heterocycles. The minimum atomic E-state index is -0.00375. The van der Waals surface area contributed by atoms with Crippen LogP contribution >= 0.6 is 0 Å². The molecule has 0 radical (unpaired) electrons. The van der Waals surface area contributed by atoms with Crippen LogP contribution < -0.4 is 10.6 Å². The van der Waals surface area contributed by atoms with Crippen molar-refractivity contribution in [3.63, 3.8) is 0 Å². The Labute approximate surface area is 121 Å². The smallest absolute Gasteiger partial charge is 0.226 e. The molecule has 2 atom stereocenters. The molecule has 1 heterocycles. The Morgan fingerprint density at radius 3 is 2.65 bits per heavy atom. The molecule has 20 heavy (non-hydrogen) atoms. The molecule has 0 saturated carbocycles. The van der Waals surface area contributed by atoms with E-state index in [1.165, 1.54) is 0 Å². The summed E-state index contributed by atoms with van der Waals surface area (Å²) in [6.45, 7) is 7.10. The molecule has 1 aliphatic rings. The van der Waals surface area contributed by atoms with Crippen molar-refractivity contribution in [2.75, 3.05) is 24.2 Å². The largest absolute Gasteiger partial charge is 0.381 e. The first kappa shape index (κ1) is 14.9. The predicted octanol–water partition coefficient (Wildman–Crippen LogP) is 2.79. The van der Waals surface area contributed by atoms with E-state index in [9.17, 15) is 4.79 Å². The van der Waals surface area contributed by atoms with Gasteiger partial charge in [-0.25, -0.2) is 0 Å². The van der Waals surface area contributed by atoms with Crippen molar-refractivity contribution in [3.05, 3.63) is 24.3 Å². The van der Waals surface area contributed by atoms with Crippen LogP contribution in [-0.4, -0.2) is 36.5 Å². The van der Waals surface area contributed by atoms with Gasteiger partial charge < -0.3 is 15.5 Å². The molecular formula is C16H25N3O. The van der Waals surface area contributed by atoms with Crippen molar-refractivity contribution in [3.8, 4) is 0 Å². The second-order valence-corrected chi connectivity index (χ2v) is 6.09. The first-order chi connectivity index (χ1) is 9.45. The van der Waals surface area contributed by atoms with Gasteiger partial charge in [0.25, 0.3) is 0 Å². The number of benzene rings is 1. The van der Waals surface area contributed by atoms with Gasteiger partial charge in [0.1, 0.15) is 0 Å². The molecule has 0 aromatic heterocycles. The van der Waals surface area contributed by atoms with Crippen LogP contribution in [-0.2, 0) is 4.79 Å². The maximum absolute atomic E-state index is 11.7. The fourth-order valence-corrected chi connectivity index (χ4v) is 2.51. The number of hydrogen-bond donors (Lipinski definition) is 2. The van der Waals surface area contributed by atoms with Crippen molar-refractivity contribution in [1.82, 2.24) is 4.90 Å². The number of rotatable bonds is 4. The Hall–Kier alpha value is -1.55. The van der Waals surface area contributed by atoms with E-state index in [-0.39, 0.29) is 11.8 Å². The number of hydrogen-bond acceptors (Lipinski definition) is 3. The first-order valence-electron chi connectivity index (χ1n) is 7.33. The number of likely N-dealkylation sites (tertiary alicyclic amines) is 1. The van der Waals surface area contributed by atoms with Crippen LogP contribution in [0.15, 0.2) is 24.3 Å². The van der Waals surface area contributed by atoms with Gasteiger partial charge in [0, 0.05) is 35.9 Å². The van der Waals surface area contributed by atoms with Crippen LogP contribution in [0.2, 0.25) is 0 Å². The summed E-state index contributed by atoms with van der Waals surface area (Å²) in [6.07, 6.45) is 1.15. The summed E-state index contributed by atoms with van der Waals surface area (Å²) in [7, 11) is 2.16. The first-order valence-corrected chi connectivity index (χ1v) is 7.33. The lowest BCUT2D eigenvalue weighted by atomic mass is 10.1. The Bertz CT molecular complexity index is 463. The molecule has 0 spiro atoms. The molecule has 2 N–H and O–H groups in total. The minimum absolute atomic E-state index is 0.00375. The molecule has 1 amide bonds. The molecular weight excluding hydrogens is 250 g/mol. The van der Waals surface area contributed by atoms with Crippen LogP contribution in [0.1, 0.15) is 27.2 Å². The summed E-state index contributed by atoms with van der Waals surface area (Å²) in [5.74, 6) is 0.0484. The molecule has 0 bridgehead atoms. The van der Waals surface area contributed by atoms with Crippen molar-refractivity contribution < 1.29 is 4.79 Å². The molecule has 1 fully saturated rings. The number of likely N-dealkylation sites (N-methyl/N-ethyl adjacent to an activating group) is 1. The Kier molecular flexibility index (Phi) is 4.65. The summed E-state index contributed by atoms with van der Waals surface area (Å²) < 4.78 is 0. The average molecular weight is 275 g/mol. The SMILES string of the molecule is CC(C)C(=O)Nc1cccc(NC2CC(C)N(C)C2)c1. The highest BCUT2D eigenvalue weighted by atomic mass is 16.1. The standard InChI is InChI=1S/C16H25N3O/c1-11(2)16(20)18-14-7-5-6-13(9-14)17-15-8-12(3)19(4)10-15/h5-7,9,11-12,15,17H,8,10H2,1-4H3,(H,18,20). The van der Waals surface area contributed by atoms with E-state index in [0.29, 0.717) is 12.1 Å². The lowest BCUT2D eigenvalue weighted by molar-refractivity contribution is -0.118. The normalized spacial score (nSPS) is 23.1. The van der Waals surface area contributed by atoms with Gasteiger partial charge in [-0.15, -0.1) is 0 Å². The Balaban J connectivity index is 1.98. The third-order valence-corrected chi connectivity index (χ3v) is 3.91. The van der Waals surface area contributed by atoms with E-state index in [4.69, 9.17) is 0 Å². The molecule has 4 nitrogen and oxygen atoms in total. The van der Waals surface area contributed by atoms with Gasteiger partial charge in [-0.2, -0.15) is 0 Å². The van der Waals surface area contributed by atoms with Crippen molar-refractivity contribution in [1.29, 1.82) is 0 Å². The number of nitrogens with one attached hydrogen (secondary N) is 2. The van der Waals surface area contributed by atoms with Crippen LogP contribution in [0.25, 0.3) is 0 Å². The highest BCUT2D eigenvalue weighted by molar-refractivity contribution is 5.92. The molecule has 110 valence electrons.